The number of amides is 2. The number of carbonyl (C=O) groups excluding carboxylic acids is 2. The van der Waals surface area contributed by atoms with Gasteiger partial charge in [-0.2, -0.15) is 4.31 Å². The zero-order valence-corrected chi connectivity index (χ0v) is 22.7. The number of nitrogens with one attached hydrogen (secondary N) is 2. The van der Waals surface area contributed by atoms with Crippen LogP contribution in [0.5, 0.6) is 0 Å². The fourth-order valence-corrected chi connectivity index (χ4v) is 5.20. The Bertz CT molecular complexity index is 1150. The van der Waals surface area contributed by atoms with Crippen LogP contribution in [0.15, 0.2) is 42.5 Å². The predicted octanol–water partition coefficient (Wildman–Crippen LogP) is 2.94. The van der Waals surface area contributed by atoms with Gasteiger partial charge in [0.2, 0.25) is 23.1 Å². The second-order valence-electron chi connectivity index (χ2n) is 10.4. The van der Waals surface area contributed by atoms with Crippen molar-refractivity contribution in [1.29, 1.82) is 0 Å². The van der Waals surface area contributed by atoms with Gasteiger partial charge >= 0.3 is 0 Å². The summed E-state index contributed by atoms with van der Waals surface area (Å²) in [6, 6.07) is 15.1. The molecule has 9 heteroatoms. The van der Waals surface area contributed by atoms with Crippen LogP contribution < -0.4 is 10.6 Å². The van der Waals surface area contributed by atoms with Gasteiger partial charge in [-0.3, -0.25) is 19.0 Å². The summed E-state index contributed by atoms with van der Waals surface area (Å²) in [5, 5.41) is 7.69. The molecule has 1 aliphatic rings. The number of carbonyl (C=O) groups is 2. The molecule has 1 saturated heterocycles. The molecule has 2 atom stereocenters. The zero-order chi connectivity index (χ0) is 27.0. The number of terminal acetylenes is 1. The van der Waals surface area contributed by atoms with Crippen LogP contribution in [0.3, 0.4) is 0 Å². The summed E-state index contributed by atoms with van der Waals surface area (Å²) in [4.78, 5) is 26.8. The van der Waals surface area contributed by atoms with Crippen LogP contribution in [0, 0.1) is 23.7 Å². The highest BCUT2D eigenvalue weighted by Crippen LogP contribution is 2.31. The maximum Gasteiger partial charge on any atom is 0.239 e. The average Bonchev–Trinajstić information content (AvgIpc) is 2.90. The van der Waals surface area contributed by atoms with Gasteiger partial charge in [0.05, 0.1) is 13.1 Å². The molecule has 2 aromatic carbocycles. The van der Waals surface area contributed by atoms with Crippen LogP contribution in [-0.4, -0.2) is 69.0 Å². The third-order valence-electron chi connectivity index (χ3n) is 7.04. The van der Waals surface area contributed by atoms with E-state index in [1.54, 1.807) is 0 Å². The standard InChI is InChI=1S/C28H38N4O4S/c1-5-28(3,4)20-30-26(33)17-29-27(34)19-32(37(35)36)18-22-13-15-31(16-14-22)21(2)24-12-8-10-23-9-6-7-11-25(23)24/h1,6-12,21-22H,13-20H2,2-4H3,(H,29,34)(H,30,33)(H,35,36). The lowest BCUT2D eigenvalue weighted by Crippen LogP contribution is -2.46. The molecule has 0 aromatic heterocycles. The van der Waals surface area contributed by atoms with E-state index in [1.807, 2.05) is 13.8 Å². The molecule has 0 bridgehead atoms. The van der Waals surface area contributed by atoms with Crippen molar-refractivity contribution >= 4 is 33.9 Å². The Morgan fingerprint density at radius 3 is 2.51 bits per heavy atom. The van der Waals surface area contributed by atoms with Crippen LogP contribution in [0.1, 0.15) is 45.2 Å². The van der Waals surface area contributed by atoms with Crippen LogP contribution in [0.4, 0.5) is 0 Å². The van der Waals surface area contributed by atoms with Gasteiger partial charge in [-0.1, -0.05) is 48.4 Å². The molecule has 0 spiro atoms. The highest BCUT2D eigenvalue weighted by Gasteiger charge is 2.28. The van der Waals surface area contributed by atoms with Crippen molar-refractivity contribution in [2.45, 2.75) is 39.7 Å². The van der Waals surface area contributed by atoms with E-state index in [0.717, 1.165) is 25.9 Å². The van der Waals surface area contributed by atoms with Crippen molar-refractivity contribution in [3.63, 3.8) is 0 Å². The van der Waals surface area contributed by atoms with Crippen LogP contribution in [0.2, 0.25) is 0 Å². The summed E-state index contributed by atoms with van der Waals surface area (Å²) >= 11 is -2.28. The molecular formula is C28H38N4O4S. The zero-order valence-electron chi connectivity index (χ0n) is 21.9. The second kappa shape index (κ2) is 13.2. The van der Waals surface area contributed by atoms with Crippen LogP contribution in [0.25, 0.3) is 10.8 Å². The third kappa shape index (κ3) is 8.37. The summed E-state index contributed by atoms with van der Waals surface area (Å²) in [6.45, 7) is 7.81. The predicted molar refractivity (Wildman–Crippen MR) is 148 cm³/mol. The van der Waals surface area contributed by atoms with Crippen molar-refractivity contribution in [2.24, 2.45) is 11.3 Å². The summed E-state index contributed by atoms with van der Waals surface area (Å²) in [5.41, 5.74) is 0.824. The maximum absolute atomic E-state index is 12.3. The van der Waals surface area contributed by atoms with Gasteiger partial charge in [-0.15, -0.1) is 6.42 Å². The Morgan fingerprint density at radius 2 is 1.84 bits per heavy atom. The average molecular weight is 527 g/mol. The summed E-state index contributed by atoms with van der Waals surface area (Å²) < 4.78 is 22.9. The Morgan fingerprint density at radius 1 is 1.16 bits per heavy atom. The van der Waals surface area contributed by atoms with Gasteiger partial charge in [-0.25, -0.2) is 4.21 Å². The molecule has 2 amide bonds. The minimum absolute atomic E-state index is 0.203. The lowest BCUT2D eigenvalue weighted by atomic mass is 9.93. The van der Waals surface area contributed by atoms with E-state index in [1.165, 1.54) is 20.6 Å². The van der Waals surface area contributed by atoms with Crippen molar-refractivity contribution < 1.29 is 18.4 Å². The van der Waals surface area contributed by atoms with Gasteiger partial charge in [0.25, 0.3) is 0 Å². The Balaban J connectivity index is 1.47. The number of piperidine rings is 1. The topological polar surface area (TPSA) is 102 Å². The summed E-state index contributed by atoms with van der Waals surface area (Å²) in [7, 11) is 0. The summed E-state index contributed by atoms with van der Waals surface area (Å²) in [6.07, 6.45) is 7.16. The first-order chi connectivity index (χ1) is 17.6. The van der Waals surface area contributed by atoms with E-state index >= 15 is 0 Å². The first-order valence-corrected chi connectivity index (χ1v) is 13.7. The minimum Gasteiger partial charge on any atom is -0.353 e. The van der Waals surface area contributed by atoms with E-state index in [4.69, 9.17) is 6.42 Å². The largest absolute Gasteiger partial charge is 0.353 e. The van der Waals surface area contributed by atoms with Gasteiger partial charge in [0.15, 0.2) is 0 Å². The smallest absolute Gasteiger partial charge is 0.239 e. The van der Waals surface area contributed by atoms with E-state index in [-0.39, 0.29) is 31.0 Å². The Labute approximate surface area is 222 Å². The fourth-order valence-electron chi connectivity index (χ4n) is 4.63. The van der Waals surface area contributed by atoms with Gasteiger partial charge in [0.1, 0.15) is 0 Å². The number of hydrogen-bond acceptors (Lipinski definition) is 4. The SMILES string of the molecule is C#CC(C)(C)CNC(=O)CNC(=O)CN(CC1CCN(C(C)c2cccc3ccccc23)CC1)S(=O)O. The fraction of sp³-hybridized carbons (Fsp3) is 0.500. The molecule has 0 saturated carbocycles. The first-order valence-electron chi connectivity index (χ1n) is 12.7. The highest BCUT2D eigenvalue weighted by molar-refractivity contribution is 7.76. The molecule has 37 heavy (non-hydrogen) atoms. The monoisotopic (exact) mass is 526 g/mol. The molecule has 0 aliphatic carbocycles. The molecule has 1 aliphatic heterocycles. The number of benzene rings is 2. The van der Waals surface area contributed by atoms with E-state index in [9.17, 15) is 18.4 Å². The number of nitrogens with zero attached hydrogens (tertiary/aromatic N) is 2. The lowest BCUT2D eigenvalue weighted by molar-refractivity contribution is -0.126. The van der Waals surface area contributed by atoms with Crippen molar-refractivity contribution in [3.05, 3.63) is 48.0 Å². The normalized spacial score (nSPS) is 16.8. The van der Waals surface area contributed by atoms with E-state index < -0.39 is 22.6 Å². The second-order valence-corrected chi connectivity index (χ2v) is 11.3. The third-order valence-corrected chi connectivity index (χ3v) is 7.76. The Hall–Kier alpha value is -2.77. The Kier molecular flexibility index (Phi) is 10.2. The number of fused-ring (bicyclic) bond motifs is 1. The molecule has 2 unspecified atom stereocenters. The van der Waals surface area contributed by atoms with E-state index in [2.05, 4.69) is 70.8 Å². The molecule has 200 valence electrons. The van der Waals surface area contributed by atoms with Crippen molar-refractivity contribution in [3.8, 4) is 12.3 Å². The molecule has 3 N–H and O–H groups in total. The molecule has 1 fully saturated rings. The number of rotatable bonds is 11. The van der Waals surface area contributed by atoms with Crippen LogP contribution >= 0.6 is 0 Å². The first kappa shape index (κ1) is 28.8. The number of likely N-dealkylation sites (tertiary alicyclic amines) is 1. The summed E-state index contributed by atoms with van der Waals surface area (Å²) in [5.74, 6) is 1.96. The van der Waals surface area contributed by atoms with Gasteiger partial charge < -0.3 is 10.6 Å². The molecule has 2 aromatic rings. The molecule has 0 radical (unpaired) electrons. The molecule has 3 rings (SSSR count). The van der Waals surface area contributed by atoms with Crippen LogP contribution in [-0.2, 0) is 20.9 Å². The number of hydrogen-bond donors (Lipinski definition) is 3. The maximum atomic E-state index is 12.3. The minimum atomic E-state index is -2.28. The van der Waals surface area contributed by atoms with Gasteiger partial charge in [-0.05, 0) is 69.0 Å². The lowest BCUT2D eigenvalue weighted by Gasteiger charge is -2.37. The highest BCUT2D eigenvalue weighted by atomic mass is 32.2. The van der Waals surface area contributed by atoms with Crippen molar-refractivity contribution in [2.75, 3.05) is 39.3 Å². The van der Waals surface area contributed by atoms with E-state index in [0.29, 0.717) is 13.1 Å². The quantitative estimate of drug-likeness (QED) is 0.309. The molecule has 8 nitrogen and oxygen atoms in total. The molecule has 1 heterocycles. The van der Waals surface area contributed by atoms with Gasteiger partial charge in [0, 0.05) is 24.5 Å². The van der Waals surface area contributed by atoms with Crippen molar-refractivity contribution in [1.82, 2.24) is 19.8 Å². The molecular weight excluding hydrogens is 488 g/mol.